The SMILES string of the molecule is [Co].[Fe].[Mn].[Ni].[O]=[Pt]. The Balaban J connectivity index is -0.000000000833. The average Bonchev–Trinajstić information content (AvgIpc) is 1.00. The summed E-state index contributed by atoms with van der Waals surface area (Å²) in [6.07, 6.45) is 0. The van der Waals surface area contributed by atoms with E-state index in [1.807, 2.05) is 0 Å². The van der Waals surface area contributed by atoms with Crippen molar-refractivity contribution in [2.24, 2.45) is 0 Å². The zero-order valence-electron chi connectivity index (χ0n) is 2.11. The van der Waals surface area contributed by atoms with E-state index >= 15 is 0 Å². The van der Waals surface area contributed by atoms with Gasteiger partial charge >= 0.3 is 23.2 Å². The molecule has 0 aromatic rings. The fourth-order valence-corrected chi connectivity index (χ4v) is 0. The fraction of sp³-hybridized carbons (Fsp3) is 0. The van der Waals surface area contributed by atoms with Gasteiger partial charge in [-0.1, -0.05) is 0 Å². The Morgan fingerprint density at radius 3 is 1.17 bits per heavy atom. The van der Waals surface area contributed by atoms with E-state index in [4.69, 9.17) is 3.40 Å². The average molecular weight is 439 g/mol. The Bertz CT molecular complexity index is 15.5. The van der Waals surface area contributed by atoms with Gasteiger partial charge in [-0.25, -0.2) is 0 Å². The normalized spacial score (nSPS) is 1.00. The van der Waals surface area contributed by atoms with Crippen LogP contribution in [0.25, 0.3) is 0 Å². The molecule has 0 spiro atoms. The maximum absolute atomic E-state index is 8.22. The molecule has 0 aliphatic rings. The van der Waals surface area contributed by atoms with Crippen molar-refractivity contribution in [3.05, 3.63) is 0 Å². The third kappa shape index (κ3) is 31.2. The minimum atomic E-state index is 0. The third-order valence-corrected chi connectivity index (χ3v) is 0. The van der Waals surface area contributed by atoms with E-state index < -0.39 is 0 Å². The standard InChI is InChI=1S/Co.Fe.Mn.Ni.O.Pt. The minimum absolute atomic E-state index is 0. The van der Waals surface area contributed by atoms with Crippen LogP contribution in [0.5, 0.6) is 0 Å². The Hall–Kier alpha value is 2.53. The summed E-state index contributed by atoms with van der Waals surface area (Å²) in [4.78, 5) is 0. The van der Waals surface area contributed by atoms with Crippen LogP contribution >= 0.6 is 0 Å². The van der Waals surface area contributed by atoms with Crippen LogP contribution in [0, 0.1) is 0 Å². The van der Waals surface area contributed by atoms with Gasteiger partial charge in [-0.15, -0.1) is 0 Å². The molecule has 0 saturated carbocycles. The van der Waals surface area contributed by atoms with E-state index in [1.165, 1.54) is 0 Å². The first-order chi connectivity index (χ1) is 1.00. The van der Waals surface area contributed by atoms with Crippen molar-refractivity contribution in [3.63, 3.8) is 0 Å². The Morgan fingerprint density at radius 2 is 1.17 bits per heavy atom. The molecule has 0 aliphatic heterocycles. The van der Waals surface area contributed by atoms with Gasteiger partial charge in [0.05, 0.1) is 0 Å². The molecule has 0 heterocycles. The molecule has 0 bridgehead atoms. The van der Waals surface area contributed by atoms with Crippen LogP contribution in [0.3, 0.4) is 0 Å². The van der Waals surface area contributed by atoms with E-state index in [0.29, 0.717) is 0 Å². The summed E-state index contributed by atoms with van der Waals surface area (Å²) in [6.45, 7) is 0. The van der Waals surface area contributed by atoms with Gasteiger partial charge in [0.15, 0.2) is 0 Å². The Labute approximate surface area is 89.4 Å². The number of hydrogen-bond acceptors (Lipinski definition) is 1. The molecule has 0 unspecified atom stereocenters. The molecule has 6 heteroatoms. The first-order valence-corrected chi connectivity index (χ1v) is 1.06. The van der Waals surface area contributed by atoms with Gasteiger partial charge in [-0.05, 0) is 0 Å². The van der Waals surface area contributed by atoms with Crippen molar-refractivity contribution >= 4 is 0 Å². The summed E-state index contributed by atoms with van der Waals surface area (Å²) < 4.78 is 8.22. The van der Waals surface area contributed by atoms with Gasteiger partial charge in [-0.2, -0.15) is 0 Å². The Kier molecular flexibility index (Phi) is 325. The molecule has 6 heavy (non-hydrogen) atoms. The van der Waals surface area contributed by atoms with Crippen molar-refractivity contribution in [2.45, 2.75) is 0 Å². The van der Waals surface area contributed by atoms with Crippen molar-refractivity contribution < 1.29 is 90.6 Å². The van der Waals surface area contributed by atoms with Crippen molar-refractivity contribution in [1.82, 2.24) is 0 Å². The molecular formula is CoFeMnNiOPt. The topological polar surface area (TPSA) is 17.1 Å². The van der Waals surface area contributed by atoms with Crippen LogP contribution in [0.4, 0.5) is 0 Å². The van der Waals surface area contributed by atoms with Crippen LogP contribution in [-0.4, -0.2) is 0 Å². The van der Waals surface area contributed by atoms with Gasteiger partial charge in [0, 0.05) is 67.4 Å². The zero-order valence-corrected chi connectivity index (χ0v) is 8.69. The predicted octanol–water partition coefficient (Wildman–Crippen LogP) is -0.131. The molecule has 0 atom stereocenters. The first kappa shape index (κ1) is 38.8. The molecule has 0 rings (SSSR count). The second-order valence-corrected chi connectivity index (χ2v) is 0. The van der Waals surface area contributed by atoms with Crippen LogP contribution in [-0.2, 0) is 90.6 Å². The predicted molar refractivity (Wildman–Crippen MR) is 0.686 cm³/mol. The van der Waals surface area contributed by atoms with Gasteiger partial charge in [0.2, 0.25) is 0 Å². The summed E-state index contributed by atoms with van der Waals surface area (Å²) in [5.74, 6) is 0. The monoisotopic (exact) mass is 439 g/mol. The van der Waals surface area contributed by atoms with E-state index in [9.17, 15) is 0 Å². The Morgan fingerprint density at radius 1 is 1.17 bits per heavy atom. The van der Waals surface area contributed by atoms with E-state index in [1.54, 1.807) is 0 Å². The summed E-state index contributed by atoms with van der Waals surface area (Å²) in [5.41, 5.74) is 0. The quantitative estimate of drug-likeness (QED) is 0.481. The van der Waals surface area contributed by atoms with Crippen LogP contribution in [0.2, 0.25) is 0 Å². The fourth-order valence-electron chi connectivity index (χ4n) is 0. The second kappa shape index (κ2) is 50.2. The molecule has 0 aliphatic carbocycles. The molecule has 50 valence electrons. The van der Waals surface area contributed by atoms with Crippen LogP contribution < -0.4 is 0 Å². The van der Waals surface area contributed by atoms with Gasteiger partial charge in [0.1, 0.15) is 0 Å². The van der Waals surface area contributed by atoms with E-state index in [2.05, 4.69) is 0 Å². The summed E-state index contributed by atoms with van der Waals surface area (Å²) in [6, 6.07) is 0. The number of rotatable bonds is 0. The summed E-state index contributed by atoms with van der Waals surface area (Å²) >= 11 is 0.889. The van der Waals surface area contributed by atoms with Crippen LogP contribution in [0.15, 0.2) is 0 Å². The van der Waals surface area contributed by atoms with E-state index in [-0.39, 0.29) is 67.4 Å². The molecule has 2 radical (unpaired) electrons. The van der Waals surface area contributed by atoms with Crippen molar-refractivity contribution in [2.75, 3.05) is 0 Å². The molecule has 0 aromatic carbocycles. The zero-order chi connectivity index (χ0) is 2.00. The second-order valence-electron chi connectivity index (χ2n) is 0. The van der Waals surface area contributed by atoms with Crippen LogP contribution in [0.1, 0.15) is 0 Å². The summed E-state index contributed by atoms with van der Waals surface area (Å²) in [7, 11) is 0. The molecule has 0 amide bonds. The molecule has 1 nitrogen and oxygen atoms in total. The van der Waals surface area contributed by atoms with Gasteiger partial charge < -0.3 is 0 Å². The molecule has 0 saturated heterocycles. The third-order valence-electron chi connectivity index (χ3n) is 0. The van der Waals surface area contributed by atoms with Crippen molar-refractivity contribution in [1.29, 1.82) is 0 Å². The molecule has 0 N–H and O–H groups in total. The number of hydrogen-bond donors (Lipinski definition) is 0. The summed E-state index contributed by atoms with van der Waals surface area (Å²) in [5, 5.41) is 0. The molecule has 0 aromatic heterocycles. The maximum atomic E-state index is 8.22. The van der Waals surface area contributed by atoms with Crippen molar-refractivity contribution in [3.8, 4) is 0 Å². The first-order valence-electron chi connectivity index (χ1n) is 0.129. The van der Waals surface area contributed by atoms with Gasteiger partial charge in [0.25, 0.3) is 0 Å². The molecule has 0 fully saturated rings. The van der Waals surface area contributed by atoms with E-state index in [0.717, 1.165) is 19.8 Å². The van der Waals surface area contributed by atoms with Gasteiger partial charge in [-0.3, -0.25) is 0 Å². The molecular weight excluding hydrogens is 439 g/mol.